The van der Waals surface area contributed by atoms with Crippen LogP contribution in [-0.4, -0.2) is 0 Å². The van der Waals surface area contributed by atoms with E-state index < -0.39 is 0 Å². The maximum Gasteiger partial charge on any atom is 0.141 e. The maximum atomic E-state index is 6.52. The van der Waals surface area contributed by atoms with Gasteiger partial charge in [-0.3, -0.25) is 0 Å². The fourth-order valence-corrected chi connectivity index (χ4v) is 4.01. The van der Waals surface area contributed by atoms with E-state index in [1.54, 1.807) is 0 Å². The summed E-state index contributed by atoms with van der Waals surface area (Å²) in [6, 6.07) is 29.7. The Morgan fingerprint density at radius 2 is 0.636 bits per heavy atom. The molecule has 3 heteroatoms. The fraction of sp³-hybridized carbons (Fsp3) is 0.200. The highest BCUT2D eigenvalue weighted by Gasteiger charge is 2.26. The third kappa shape index (κ3) is 5.04. The van der Waals surface area contributed by atoms with Crippen molar-refractivity contribution in [3.05, 3.63) is 108 Å². The summed E-state index contributed by atoms with van der Waals surface area (Å²) < 4.78 is 19.6. The van der Waals surface area contributed by atoms with Crippen LogP contribution in [0.4, 0.5) is 0 Å². The minimum Gasteiger partial charge on any atom is -0.457 e. The lowest BCUT2D eigenvalue weighted by Gasteiger charge is -2.25. The molecule has 0 aromatic heterocycles. The molecule has 168 valence electrons. The van der Waals surface area contributed by atoms with Crippen molar-refractivity contribution in [2.75, 3.05) is 0 Å². The summed E-state index contributed by atoms with van der Waals surface area (Å²) in [5.74, 6) is 4.84. The standard InChI is InChI=1S/C30H30O3/c1-4-25-28(31-22-16-10-7-11-17-22)26(5-2)30(33-24-20-14-9-15-21-24)27(6-3)29(25)32-23-18-12-8-13-19-23/h7-21H,4-6H2,1-3H3. The number of ether oxygens (including phenoxy) is 3. The minimum atomic E-state index is 0.774. The zero-order valence-corrected chi connectivity index (χ0v) is 19.5. The summed E-state index contributed by atoms with van der Waals surface area (Å²) >= 11 is 0. The van der Waals surface area contributed by atoms with Crippen molar-refractivity contribution in [1.82, 2.24) is 0 Å². The number of rotatable bonds is 9. The number of hydrogen-bond acceptors (Lipinski definition) is 3. The molecule has 0 heterocycles. The second-order valence-electron chi connectivity index (χ2n) is 7.73. The largest absolute Gasteiger partial charge is 0.457 e. The highest BCUT2D eigenvalue weighted by molar-refractivity contribution is 5.65. The van der Waals surface area contributed by atoms with Gasteiger partial charge in [-0.1, -0.05) is 75.4 Å². The van der Waals surface area contributed by atoms with Crippen LogP contribution in [-0.2, 0) is 19.3 Å². The molecule has 0 fully saturated rings. The van der Waals surface area contributed by atoms with Gasteiger partial charge in [0.05, 0.1) is 0 Å². The average Bonchev–Trinajstić information content (AvgIpc) is 2.86. The van der Waals surface area contributed by atoms with Crippen molar-refractivity contribution in [3.63, 3.8) is 0 Å². The van der Waals surface area contributed by atoms with Crippen molar-refractivity contribution in [3.8, 4) is 34.5 Å². The molecule has 0 aliphatic heterocycles. The van der Waals surface area contributed by atoms with Gasteiger partial charge in [0.1, 0.15) is 34.5 Å². The zero-order valence-electron chi connectivity index (χ0n) is 19.5. The Kier molecular flexibility index (Phi) is 7.31. The lowest BCUT2D eigenvalue weighted by Crippen LogP contribution is -2.06. The molecule has 0 bridgehead atoms. The first-order valence-corrected chi connectivity index (χ1v) is 11.6. The van der Waals surface area contributed by atoms with Crippen LogP contribution in [0.15, 0.2) is 91.0 Å². The van der Waals surface area contributed by atoms with Gasteiger partial charge in [0.25, 0.3) is 0 Å². The summed E-state index contributed by atoms with van der Waals surface area (Å²) in [6.07, 6.45) is 2.32. The Hall–Kier alpha value is -3.72. The van der Waals surface area contributed by atoms with E-state index in [4.69, 9.17) is 14.2 Å². The second kappa shape index (κ2) is 10.7. The van der Waals surface area contributed by atoms with E-state index >= 15 is 0 Å². The van der Waals surface area contributed by atoms with E-state index in [1.807, 2.05) is 91.0 Å². The Bertz CT molecular complexity index is 997. The molecule has 0 radical (unpaired) electrons. The molecular formula is C30H30O3. The average molecular weight is 439 g/mol. The Morgan fingerprint density at radius 3 is 0.848 bits per heavy atom. The van der Waals surface area contributed by atoms with Crippen molar-refractivity contribution in [1.29, 1.82) is 0 Å². The lowest BCUT2D eigenvalue weighted by atomic mass is 9.95. The smallest absolute Gasteiger partial charge is 0.141 e. The molecule has 0 aliphatic carbocycles. The molecule has 0 saturated heterocycles. The van der Waals surface area contributed by atoms with Crippen LogP contribution >= 0.6 is 0 Å². The van der Waals surface area contributed by atoms with Crippen molar-refractivity contribution in [2.24, 2.45) is 0 Å². The third-order valence-corrected chi connectivity index (χ3v) is 5.59. The predicted octanol–water partition coefficient (Wildman–Crippen LogP) is 8.75. The van der Waals surface area contributed by atoms with Gasteiger partial charge in [-0.2, -0.15) is 0 Å². The highest BCUT2D eigenvalue weighted by atomic mass is 16.5. The Labute approximate surface area is 196 Å². The van der Waals surface area contributed by atoms with E-state index in [-0.39, 0.29) is 0 Å². The van der Waals surface area contributed by atoms with Gasteiger partial charge < -0.3 is 14.2 Å². The molecule has 0 atom stereocenters. The number of benzene rings is 4. The van der Waals surface area contributed by atoms with Crippen LogP contribution in [0.3, 0.4) is 0 Å². The molecule has 4 rings (SSSR count). The monoisotopic (exact) mass is 438 g/mol. The van der Waals surface area contributed by atoms with Gasteiger partial charge in [0, 0.05) is 16.7 Å². The molecule has 0 N–H and O–H groups in total. The second-order valence-corrected chi connectivity index (χ2v) is 7.73. The van der Waals surface area contributed by atoms with Crippen molar-refractivity contribution >= 4 is 0 Å². The topological polar surface area (TPSA) is 27.7 Å². The van der Waals surface area contributed by atoms with Crippen LogP contribution < -0.4 is 14.2 Å². The number of hydrogen-bond donors (Lipinski definition) is 0. The first kappa shape index (κ1) is 22.5. The zero-order chi connectivity index (χ0) is 23.0. The van der Waals surface area contributed by atoms with Crippen LogP contribution in [0.1, 0.15) is 37.5 Å². The molecule has 0 spiro atoms. The molecule has 0 unspecified atom stereocenters. The summed E-state index contributed by atoms with van der Waals surface area (Å²) in [7, 11) is 0. The quantitative estimate of drug-likeness (QED) is 0.261. The van der Waals surface area contributed by atoms with E-state index in [2.05, 4.69) is 20.8 Å². The molecule has 4 aromatic rings. The van der Waals surface area contributed by atoms with Gasteiger partial charge in [0.2, 0.25) is 0 Å². The van der Waals surface area contributed by atoms with Gasteiger partial charge in [-0.15, -0.1) is 0 Å². The van der Waals surface area contributed by atoms with E-state index in [1.165, 1.54) is 0 Å². The molecule has 3 nitrogen and oxygen atoms in total. The molecule has 0 amide bonds. The number of para-hydroxylation sites is 3. The molecule has 0 saturated carbocycles. The van der Waals surface area contributed by atoms with E-state index in [9.17, 15) is 0 Å². The van der Waals surface area contributed by atoms with Crippen molar-refractivity contribution < 1.29 is 14.2 Å². The summed E-state index contributed by atoms with van der Waals surface area (Å²) in [5.41, 5.74) is 3.16. The van der Waals surface area contributed by atoms with Gasteiger partial charge in [-0.25, -0.2) is 0 Å². The SMILES string of the molecule is CCc1c(Oc2ccccc2)c(CC)c(Oc2ccccc2)c(CC)c1Oc1ccccc1. The molecule has 33 heavy (non-hydrogen) atoms. The van der Waals surface area contributed by atoms with Gasteiger partial charge in [-0.05, 0) is 55.7 Å². The van der Waals surface area contributed by atoms with E-state index in [0.717, 1.165) is 70.4 Å². The van der Waals surface area contributed by atoms with Gasteiger partial charge >= 0.3 is 0 Å². The van der Waals surface area contributed by atoms with Gasteiger partial charge in [0.15, 0.2) is 0 Å². The summed E-state index contributed by atoms with van der Waals surface area (Å²) in [5, 5.41) is 0. The predicted molar refractivity (Wildman–Crippen MR) is 134 cm³/mol. The minimum absolute atomic E-state index is 0.774. The first-order chi connectivity index (χ1) is 16.2. The lowest BCUT2D eigenvalue weighted by molar-refractivity contribution is 0.418. The van der Waals surface area contributed by atoms with Crippen LogP contribution in [0.5, 0.6) is 34.5 Å². The van der Waals surface area contributed by atoms with Crippen molar-refractivity contribution in [2.45, 2.75) is 40.0 Å². The maximum absolute atomic E-state index is 6.52. The normalized spacial score (nSPS) is 10.6. The third-order valence-electron chi connectivity index (χ3n) is 5.59. The fourth-order valence-electron chi connectivity index (χ4n) is 4.01. The van der Waals surface area contributed by atoms with Crippen LogP contribution in [0.2, 0.25) is 0 Å². The van der Waals surface area contributed by atoms with Crippen LogP contribution in [0.25, 0.3) is 0 Å². The first-order valence-electron chi connectivity index (χ1n) is 11.6. The molecule has 0 aliphatic rings. The van der Waals surface area contributed by atoms with Crippen LogP contribution in [0, 0.1) is 0 Å². The Morgan fingerprint density at radius 1 is 0.394 bits per heavy atom. The summed E-state index contributed by atoms with van der Waals surface area (Å²) in [4.78, 5) is 0. The Balaban J connectivity index is 1.95. The summed E-state index contributed by atoms with van der Waals surface area (Å²) in [6.45, 7) is 6.42. The molecule has 4 aromatic carbocycles. The molecular weight excluding hydrogens is 408 g/mol. The van der Waals surface area contributed by atoms with E-state index in [0.29, 0.717) is 0 Å². The highest BCUT2D eigenvalue weighted by Crippen LogP contribution is 2.48.